The monoisotopic (exact) mass is 346 g/mol. The molecule has 128 valence electrons. The molecule has 0 spiro atoms. The number of hydrogen-bond donors (Lipinski definition) is 1. The van der Waals surface area contributed by atoms with E-state index in [4.69, 9.17) is 11.6 Å². The Morgan fingerprint density at radius 2 is 1.78 bits per heavy atom. The van der Waals surface area contributed by atoms with Crippen LogP contribution in [0.3, 0.4) is 0 Å². The van der Waals surface area contributed by atoms with Crippen LogP contribution in [0, 0.1) is 5.92 Å². The maximum absolute atomic E-state index is 13.1. The Labute approximate surface area is 140 Å². The lowest BCUT2D eigenvalue weighted by Gasteiger charge is -2.39. The number of benzene rings is 1. The van der Waals surface area contributed by atoms with Crippen molar-refractivity contribution in [2.24, 2.45) is 5.92 Å². The highest BCUT2D eigenvalue weighted by atomic mass is 35.5. The average molecular weight is 347 g/mol. The molecule has 1 heterocycles. The molecule has 1 saturated heterocycles. The number of alkyl halides is 3. The second-order valence-electron chi connectivity index (χ2n) is 6.51. The van der Waals surface area contributed by atoms with E-state index in [9.17, 15) is 13.2 Å². The molecule has 1 aliphatic carbocycles. The molecule has 3 rings (SSSR count). The van der Waals surface area contributed by atoms with Crippen molar-refractivity contribution >= 4 is 11.6 Å². The van der Waals surface area contributed by atoms with E-state index in [0.29, 0.717) is 16.5 Å². The minimum atomic E-state index is -4.33. The van der Waals surface area contributed by atoms with Crippen molar-refractivity contribution in [3.8, 4) is 0 Å². The Bertz CT molecular complexity index is 535. The standard InChI is InChI=1S/C17H22ClF3N2/c18-15-6-5-13(17(19,20)21)11-14(15)16(12-3-1-2-4-12)23-9-7-22-8-10-23/h5-6,11-12,16,22H,1-4,7-10H2/t16-/m1/s1. The van der Waals surface area contributed by atoms with Crippen LogP contribution in [0.25, 0.3) is 0 Å². The summed E-state index contributed by atoms with van der Waals surface area (Å²) in [5, 5.41) is 3.76. The Hall–Kier alpha value is -0.780. The predicted molar refractivity (Wildman–Crippen MR) is 85.6 cm³/mol. The van der Waals surface area contributed by atoms with Gasteiger partial charge in [0.2, 0.25) is 0 Å². The van der Waals surface area contributed by atoms with Crippen LogP contribution in [-0.2, 0) is 6.18 Å². The van der Waals surface area contributed by atoms with Crippen molar-refractivity contribution in [3.63, 3.8) is 0 Å². The van der Waals surface area contributed by atoms with Crippen LogP contribution >= 0.6 is 11.6 Å². The van der Waals surface area contributed by atoms with Crippen molar-refractivity contribution in [3.05, 3.63) is 34.3 Å². The summed E-state index contributed by atoms with van der Waals surface area (Å²) in [5.74, 6) is 0.397. The zero-order chi connectivity index (χ0) is 16.4. The van der Waals surface area contributed by atoms with Crippen molar-refractivity contribution in [2.75, 3.05) is 26.2 Å². The number of hydrogen-bond acceptors (Lipinski definition) is 2. The summed E-state index contributed by atoms with van der Waals surface area (Å²) < 4.78 is 39.3. The highest BCUT2D eigenvalue weighted by Gasteiger charge is 2.36. The SMILES string of the molecule is FC(F)(F)c1ccc(Cl)c([C@@H](C2CCCC2)N2CCNCC2)c1. The van der Waals surface area contributed by atoms with Gasteiger partial charge in [0.05, 0.1) is 5.56 Å². The number of nitrogens with one attached hydrogen (secondary N) is 1. The van der Waals surface area contributed by atoms with Gasteiger partial charge in [-0.2, -0.15) is 13.2 Å². The summed E-state index contributed by atoms with van der Waals surface area (Å²) in [6, 6.07) is 3.75. The molecule has 2 fully saturated rings. The normalized spacial score (nSPS) is 22.4. The molecule has 2 nitrogen and oxygen atoms in total. The molecule has 0 unspecified atom stereocenters. The molecular formula is C17H22ClF3N2. The van der Waals surface area contributed by atoms with Crippen LogP contribution in [0.15, 0.2) is 18.2 Å². The van der Waals surface area contributed by atoms with Crippen LogP contribution in [0.4, 0.5) is 13.2 Å². The zero-order valence-electron chi connectivity index (χ0n) is 13.0. The minimum absolute atomic E-state index is 0.00519. The molecule has 23 heavy (non-hydrogen) atoms. The molecule has 0 radical (unpaired) electrons. The summed E-state index contributed by atoms with van der Waals surface area (Å²) >= 11 is 6.33. The van der Waals surface area contributed by atoms with Crippen molar-refractivity contribution in [2.45, 2.75) is 37.9 Å². The van der Waals surface area contributed by atoms with Gasteiger partial charge in [-0.05, 0) is 42.5 Å². The molecule has 1 aromatic rings. The molecule has 0 amide bonds. The summed E-state index contributed by atoms with van der Waals surface area (Å²) in [5.41, 5.74) is 0.0466. The molecule has 0 bridgehead atoms. The first-order valence-corrected chi connectivity index (χ1v) is 8.66. The lowest BCUT2D eigenvalue weighted by Crippen LogP contribution is -2.46. The molecule has 1 aromatic carbocycles. The second kappa shape index (κ2) is 6.99. The van der Waals surface area contributed by atoms with E-state index in [1.165, 1.54) is 12.1 Å². The Kier molecular flexibility index (Phi) is 5.19. The van der Waals surface area contributed by atoms with Crippen LogP contribution < -0.4 is 5.32 Å². The number of halogens is 4. The van der Waals surface area contributed by atoms with Gasteiger partial charge in [-0.1, -0.05) is 24.4 Å². The Balaban J connectivity index is 1.98. The van der Waals surface area contributed by atoms with E-state index in [0.717, 1.165) is 57.9 Å². The van der Waals surface area contributed by atoms with Gasteiger partial charge < -0.3 is 5.32 Å². The van der Waals surface area contributed by atoms with E-state index in [2.05, 4.69) is 10.2 Å². The van der Waals surface area contributed by atoms with E-state index < -0.39 is 11.7 Å². The summed E-state index contributed by atoms with van der Waals surface area (Å²) in [6.45, 7) is 3.46. The van der Waals surface area contributed by atoms with Gasteiger partial charge in [0.25, 0.3) is 0 Å². The third-order valence-corrected chi connectivity index (χ3v) is 5.38. The highest BCUT2D eigenvalue weighted by molar-refractivity contribution is 6.31. The topological polar surface area (TPSA) is 15.3 Å². The highest BCUT2D eigenvalue weighted by Crippen LogP contribution is 2.43. The minimum Gasteiger partial charge on any atom is -0.314 e. The first-order valence-electron chi connectivity index (χ1n) is 8.28. The maximum Gasteiger partial charge on any atom is 0.416 e. The largest absolute Gasteiger partial charge is 0.416 e. The summed E-state index contributed by atoms with van der Waals surface area (Å²) in [4.78, 5) is 2.31. The van der Waals surface area contributed by atoms with Gasteiger partial charge in [-0.15, -0.1) is 0 Å². The molecule has 1 aliphatic heterocycles. The molecule has 0 aromatic heterocycles. The molecule has 2 aliphatic rings. The quantitative estimate of drug-likeness (QED) is 0.867. The summed E-state index contributed by atoms with van der Waals surface area (Å²) in [7, 11) is 0. The molecule has 1 saturated carbocycles. The molecule has 6 heteroatoms. The fourth-order valence-electron chi connectivity index (χ4n) is 3.93. The fourth-order valence-corrected chi connectivity index (χ4v) is 4.16. The van der Waals surface area contributed by atoms with Gasteiger partial charge >= 0.3 is 6.18 Å². The van der Waals surface area contributed by atoms with E-state index in [1.54, 1.807) is 0 Å². The smallest absolute Gasteiger partial charge is 0.314 e. The molecule has 1 N–H and O–H groups in total. The lowest BCUT2D eigenvalue weighted by molar-refractivity contribution is -0.137. The van der Waals surface area contributed by atoms with Crippen LogP contribution in [0.1, 0.15) is 42.9 Å². The van der Waals surface area contributed by atoms with Gasteiger partial charge in [0.15, 0.2) is 0 Å². The van der Waals surface area contributed by atoms with E-state index >= 15 is 0 Å². The third-order valence-electron chi connectivity index (χ3n) is 5.03. The number of nitrogens with zero attached hydrogens (tertiary/aromatic N) is 1. The van der Waals surface area contributed by atoms with Crippen LogP contribution in [-0.4, -0.2) is 31.1 Å². The van der Waals surface area contributed by atoms with Crippen molar-refractivity contribution in [1.82, 2.24) is 10.2 Å². The number of rotatable bonds is 3. The first-order chi connectivity index (χ1) is 11.0. The van der Waals surface area contributed by atoms with Crippen LogP contribution in [0.2, 0.25) is 5.02 Å². The van der Waals surface area contributed by atoms with Crippen LogP contribution in [0.5, 0.6) is 0 Å². The Morgan fingerprint density at radius 1 is 1.13 bits per heavy atom. The van der Waals surface area contributed by atoms with Gasteiger partial charge in [-0.25, -0.2) is 0 Å². The Morgan fingerprint density at radius 3 is 2.39 bits per heavy atom. The molecular weight excluding hydrogens is 325 g/mol. The third kappa shape index (κ3) is 3.83. The average Bonchev–Trinajstić information content (AvgIpc) is 3.03. The van der Waals surface area contributed by atoms with Crippen molar-refractivity contribution < 1.29 is 13.2 Å². The van der Waals surface area contributed by atoms with Gasteiger partial charge in [-0.3, -0.25) is 4.90 Å². The van der Waals surface area contributed by atoms with E-state index in [1.807, 2.05) is 0 Å². The molecule has 1 atom stereocenters. The van der Waals surface area contributed by atoms with E-state index in [-0.39, 0.29) is 6.04 Å². The first kappa shape index (κ1) is 17.1. The lowest BCUT2D eigenvalue weighted by atomic mass is 9.88. The number of piperazine rings is 1. The van der Waals surface area contributed by atoms with Crippen molar-refractivity contribution in [1.29, 1.82) is 0 Å². The maximum atomic E-state index is 13.1. The van der Waals surface area contributed by atoms with Gasteiger partial charge in [0, 0.05) is 37.2 Å². The predicted octanol–water partition coefficient (Wildman–Crippen LogP) is 4.50. The zero-order valence-corrected chi connectivity index (χ0v) is 13.8. The second-order valence-corrected chi connectivity index (χ2v) is 6.92. The van der Waals surface area contributed by atoms with Gasteiger partial charge in [0.1, 0.15) is 0 Å². The summed E-state index contributed by atoms with van der Waals surface area (Å²) in [6.07, 6.45) is 0.124. The fraction of sp³-hybridized carbons (Fsp3) is 0.647.